The van der Waals surface area contributed by atoms with Crippen LogP contribution in [0.3, 0.4) is 0 Å². The van der Waals surface area contributed by atoms with Crippen LogP contribution in [0, 0.1) is 0 Å². The zero-order valence-electron chi connectivity index (χ0n) is 15.1. The molecule has 2 N–H and O–H groups in total. The molecule has 10 heteroatoms. The second kappa shape index (κ2) is 7.93. The molecule has 3 aromatic heterocycles. The average molecular weight is 400 g/mol. The standard InChI is InChI=1S/C18H20N6O3S/c25-14-4-9-23(18(27)22-14)7-2-6-19-16(26)13-3-1-8-24(13)15-12-5-10-28-17(12)21-11-20-15/h4-5,9-11,13H,1-3,6-8H2,(H,19,26)(H,22,25,27). The molecule has 4 heterocycles. The van der Waals surface area contributed by atoms with E-state index in [1.807, 2.05) is 11.4 Å². The topological polar surface area (TPSA) is 113 Å². The smallest absolute Gasteiger partial charge is 0.328 e. The van der Waals surface area contributed by atoms with Crippen LogP contribution in [-0.2, 0) is 11.3 Å². The van der Waals surface area contributed by atoms with Gasteiger partial charge in [0.05, 0.1) is 5.39 Å². The lowest BCUT2D eigenvalue weighted by Crippen LogP contribution is -2.44. The van der Waals surface area contributed by atoms with Crippen molar-refractivity contribution in [2.24, 2.45) is 0 Å². The van der Waals surface area contributed by atoms with Gasteiger partial charge in [-0.05, 0) is 30.7 Å². The molecule has 0 bridgehead atoms. The predicted octanol–water partition coefficient (Wildman–Crippen LogP) is 0.717. The van der Waals surface area contributed by atoms with Crippen molar-refractivity contribution in [2.45, 2.75) is 31.8 Å². The molecule has 1 aliphatic rings. The van der Waals surface area contributed by atoms with Gasteiger partial charge in [0.1, 0.15) is 23.0 Å². The van der Waals surface area contributed by atoms with Crippen molar-refractivity contribution in [3.63, 3.8) is 0 Å². The minimum Gasteiger partial charge on any atom is -0.354 e. The molecule has 1 saturated heterocycles. The average Bonchev–Trinajstić information content (AvgIpc) is 3.35. The maximum atomic E-state index is 12.7. The largest absolute Gasteiger partial charge is 0.354 e. The first-order valence-electron chi connectivity index (χ1n) is 9.16. The van der Waals surface area contributed by atoms with E-state index in [0.29, 0.717) is 19.5 Å². The van der Waals surface area contributed by atoms with E-state index in [4.69, 9.17) is 0 Å². The number of aryl methyl sites for hydroxylation is 1. The number of carbonyl (C=O) groups is 1. The molecule has 1 aliphatic heterocycles. The van der Waals surface area contributed by atoms with E-state index in [1.54, 1.807) is 17.7 Å². The second-order valence-corrected chi connectivity index (χ2v) is 7.53. The molecule has 1 fully saturated rings. The van der Waals surface area contributed by atoms with E-state index in [9.17, 15) is 14.4 Å². The number of amides is 1. The molecule has 0 aromatic carbocycles. The number of aromatic amines is 1. The Kier molecular flexibility index (Phi) is 5.20. The van der Waals surface area contributed by atoms with Gasteiger partial charge in [-0.3, -0.25) is 14.6 Å². The van der Waals surface area contributed by atoms with Gasteiger partial charge in [-0.2, -0.15) is 0 Å². The van der Waals surface area contributed by atoms with E-state index in [1.165, 1.54) is 16.8 Å². The van der Waals surface area contributed by atoms with E-state index in [2.05, 4.69) is 25.2 Å². The van der Waals surface area contributed by atoms with Crippen LogP contribution < -0.4 is 21.5 Å². The highest BCUT2D eigenvalue weighted by Gasteiger charge is 2.32. The SMILES string of the molecule is O=C(NCCCn1ccc(=O)[nH]c1=O)C1CCCN1c1ncnc2sccc12. The minimum absolute atomic E-state index is 0.0340. The van der Waals surface area contributed by atoms with Crippen molar-refractivity contribution < 1.29 is 4.79 Å². The first-order chi connectivity index (χ1) is 13.6. The monoisotopic (exact) mass is 400 g/mol. The van der Waals surface area contributed by atoms with Crippen LogP contribution in [-0.4, -0.2) is 44.6 Å². The summed E-state index contributed by atoms with van der Waals surface area (Å²) in [6, 6.07) is 3.04. The summed E-state index contributed by atoms with van der Waals surface area (Å²) in [6.45, 7) is 1.66. The normalized spacial score (nSPS) is 16.6. The molecule has 9 nitrogen and oxygen atoms in total. The van der Waals surface area contributed by atoms with Gasteiger partial charge >= 0.3 is 5.69 Å². The summed E-state index contributed by atoms with van der Waals surface area (Å²) in [4.78, 5) is 49.3. The Morgan fingerprint density at radius 3 is 3.07 bits per heavy atom. The number of hydrogen-bond acceptors (Lipinski definition) is 7. The highest BCUT2D eigenvalue weighted by Crippen LogP contribution is 2.31. The summed E-state index contributed by atoms with van der Waals surface area (Å²) in [5.41, 5.74) is -0.857. The quantitative estimate of drug-likeness (QED) is 0.590. The number of H-pyrrole nitrogens is 1. The number of thiophene rings is 1. The molecule has 0 aliphatic carbocycles. The summed E-state index contributed by atoms with van der Waals surface area (Å²) in [5, 5.41) is 5.91. The Hall–Kier alpha value is -3.01. The second-order valence-electron chi connectivity index (χ2n) is 6.64. The lowest BCUT2D eigenvalue weighted by Gasteiger charge is -2.25. The highest BCUT2D eigenvalue weighted by molar-refractivity contribution is 7.16. The Balaban J connectivity index is 1.37. The Labute approximate surface area is 164 Å². The zero-order valence-corrected chi connectivity index (χ0v) is 15.9. The van der Waals surface area contributed by atoms with Gasteiger partial charge in [-0.25, -0.2) is 14.8 Å². The number of nitrogens with zero attached hydrogens (tertiary/aromatic N) is 4. The van der Waals surface area contributed by atoms with Crippen LogP contribution in [0.5, 0.6) is 0 Å². The lowest BCUT2D eigenvalue weighted by molar-refractivity contribution is -0.122. The molecule has 0 radical (unpaired) electrons. The molecule has 0 spiro atoms. The highest BCUT2D eigenvalue weighted by atomic mass is 32.1. The van der Waals surface area contributed by atoms with Crippen LogP contribution in [0.2, 0.25) is 0 Å². The molecule has 3 aromatic rings. The van der Waals surface area contributed by atoms with E-state index >= 15 is 0 Å². The lowest BCUT2D eigenvalue weighted by atomic mass is 10.2. The number of hydrogen-bond donors (Lipinski definition) is 2. The first kappa shape index (κ1) is 18.4. The third-order valence-corrected chi connectivity index (χ3v) is 5.66. The molecular formula is C18H20N6O3S. The Morgan fingerprint density at radius 2 is 2.21 bits per heavy atom. The van der Waals surface area contributed by atoms with Crippen LogP contribution in [0.15, 0.2) is 39.6 Å². The summed E-state index contributed by atoms with van der Waals surface area (Å²) in [5.74, 6) is 0.775. The maximum absolute atomic E-state index is 12.7. The van der Waals surface area contributed by atoms with Crippen molar-refractivity contribution in [1.29, 1.82) is 0 Å². The number of fused-ring (bicyclic) bond motifs is 1. The third-order valence-electron chi connectivity index (χ3n) is 4.84. The molecule has 0 saturated carbocycles. The van der Waals surface area contributed by atoms with Crippen LogP contribution in [0.4, 0.5) is 5.82 Å². The molecule has 4 rings (SSSR count). The van der Waals surface area contributed by atoms with Gasteiger partial charge in [0.25, 0.3) is 5.56 Å². The number of rotatable bonds is 6. The van der Waals surface area contributed by atoms with Crippen LogP contribution in [0.1, 0.15) is 19.3 Å². The van der Waals surface area contributed by atoms with Gasteiger partial charge < -0.3 is 14.8 Å². The van der Waals surface area contributed by atoms with Gasteiger partial charge in [-0.15, -0.1) is 11.3 Å². The van der Waals surface area contributed by atoms with E-state index in [0.717, 1.165) is 35.4 Å². The van der Waals surface area contributed by atoms with Gasteiger partial charge in [0.15, 0.2) is 0 Å². The maximum Gasteiger partial charge on any atom is 0.328 e. The fraction of sp³-hybridized carbons (Fsp3) is 0.389. The molecule has 28 heavy (non-hydrogen) atoms. The van der Waals surface area contributed by atoms with Crippen LogP contribution in [0.25, 0.3) is 10.2 Å². The fourth-order valence-electron chi connectivity index (χ4n) is 3.50. The summed E-state index contributed by atoms with van der Waals surface area (Å²) >= 11 is 1.56. The molecule has 1 amide bonds. The third kappa shape index (κ3) is 3.68. The number of carbonyl (C=O) groups excluding carboxylic acids is 1. The van der Waals surface area contributed by atoms with Crippen molar-refractivity contribution in [1.82, 2.24) is 24.8 Å². The number of anilines is 1. The summed E-state index contributed by atoms with van der Waals surface area (Å²) in [7, 11) is 0. The zero-order chi connectivity index (χ0) is 19.5. The van der Waals surface area contributed by atoms with Crippen molar-refractivity contribution >= 4 is 33.3 Å². The Bertz CT molecular complexity index is 1100. The molecule has 1 unspecified atom stereocenters. The minimum atomic E-state index is -0.440. The van der Waals surface area contributed by atoms with Crippen molar-refractivity contribution in [2.75, 3.05) is 18.0 Å². The van der Waals surface area contributed by atoms with Crippen LogP contribution >= 0.6 is 11.3 Å². The summed E-state index contributed by atoms with van der Waals surface area (Å²) < 4.78 is 1.42. The van der Waals surface area contributed by atoms with Gasteiger partial charge in [0.2, 0.25) is 5.91 Å². The Morgan fingerprint density at radius 1 is 1.32 bits per heavy atom. The van der Waals surface area contributed by atoms with E-state index in [-0.39, 0.29) is 11.9 Å². The molecular weight excluding hydrogens is 380 g/mol. The van der Waals surface area contributed by atoms with Crippen molar-refractivity contribution in [3.05, 3.63) is 50.9 Å². The van der Waals surface area contributed by atoms with Crippen molar-refractivity contribution in [3.8, 4) is 0 Å². The first-order valence-corrected chi connectivity index (χ1v) is 10.0. The van der Waals surface area contributed by atoms with E-state index < -0.39 is 11.2 Å². The number of aromatic nitrogens is 4. The predicted molar refractivity (Wildman–Crippen MR) is 107 cm³/mol. The fourth-order valence-corrected chi connectivity index (χ4v) is 4.23. The van der Waals surface area contributed by atoms with Gasteiger partial charge in [-0.1, -0.05) is 0 Å². The molecule has 1 atom stereocenters. The summed E-state index contributed by atoms with van der Waals surface area (Å²) in [6.07, 6.45) is 5.31. The molecule has 146 valence electrons. The number of nitrogens with one attached hydrogen (secondary N) is 2. The van der Waals surface area contributed by atoms with Gasteiger partial charge in [0, 0.05) is 31.9 Å².